The molecule has 4 rings (SSSR count). The second-order valence-electron chi connectivity index (χ2n) is 8.05. The SMILES string of the molecule is CC(=O)N1CCN([N+]2(C=C=O)C(C(F)(F)F)=Nc3c(NC(=O)c4c(Cl)cccc4Cl)cccc32)CC1. The van der Waals surface area contributed by atoms with E-state index >= 15 is 0 Å². The van der Waals surface area contributed by atoms with E-state index in [-0.39, 0.29) is 64.8 Å². The number of piperazine rings is 1. The van der Waals surface area contributed by atoms with Gasteiger partial charge < -0.3 is 10.2 Å². The number of carbonyl (C=O) groups is 2. The Labute approximate surface area is 213 Å². The van der Waals surface area contributed by atoms with E-state index in [2.05, 4.69) is 10.3 Å². The summed E-state index contributed by atoms with van der Waals surface area (Å²) in [6.45, 7) is 1.74. The van der Waals surface area contributed by atoms with Crippen molar-refractivity contribution in [2.75, 3.05) is 31.5 Å². The number of rotatable bonds is 4. The van der Waals surface area contributed by atoms with Gasteiger partial charge in [0.05, 0.1) is 34.4 Å². The Morgan fingerprint density at radius 3 is 2.25 bits per heavy atom. The highest BCUT2D eigenvalue weighted by molar-refractivity contribution is 6.40. The summed E-state index contributed by atoms with van der Waals surface area (Å²) in [6.07, 6.45) is -4.21. The Morgan fingerprint density at radius 2 is 1.69 bits per heavy atom. The fourth-order valence-electron chi connectivity index (χ4n) is 4.38. The second kappa shape index (κ2) is 9.68. The second-order valence-corrected chi connectivity index (χ2v) is 8.86. The number of aliphatic imine (C=N–C) groups is 1. The number of fused-ring (bicyclic) bond motifs is 1. The van der Waals surface area contributed by atoms with Crippen molar-refractivity contribution in [3.63, 3.8) is 0 Å². The van der Waals surface area contributed by atoms with Crippen LogP contribution in [0.5, 0.6) is 0 Å². The Kier molecular flexibility index (Phi) is 6.96. The Morgan fingerprint density at radius 1 is 1.08 bits per heavy atom. The minimum absolute atomic E-state index is 0.00925. The molecule has 1 atom stereocenters. The van der Waals surface area contributed by atoms with Gasteiger partial charge in [-0.2, -0.15) is 18.2 Å². The van der Waals surface area contributed by atoms with E-state index < -0.39 is 22.5 Å². The van der Waals surface area contributed by atoms with E-state index in [1.165, 1.54) is 53.1 Å². The summed E-state index contributed by atoms with van der Waals surface area (Å²) in [5, 5.41) is 4.05. The minimum atomic E-state index is -4.95. The maximum absolute atomic E-state index is 14.4. The Bertz CT molecular complexity index is 1300. The number of halogens is 5. The zero-order valence-corrected chi connectivity index (χ0v) is 20.3. The van der Waals surface area contributed by atoms with Crippen molar-refractivity contribution < 1.29 is 27.6 Å². The third-order valence-electron chi connectivity index (χ3n) is 6.00. The Hall–Kier alpha value is -3.21. The van der Waals surface area contributed by atoms with Crippen molar-refractivity contribution in [2.24, 2.45) is 4.99 Å². The highest BCUT2D eigenvalue weighted by Crippen LogP contribution is 2.50. The molecule has 0 aromatic heterocycles. The van der Waals surface area contributed by atoms with Crippen molar-refractivity contribution in [1.29, 1.82) is 0 Å². The highest BCUT2D eigenvalue weighted by atomic mass is 35.5. The van der Waals surface area contributed by atoms with Crippen LogP contribution in [-0.4, -0.2) is 65.9 Å². The molecule has 0 aliphatic carbocycles. The number of hydrogen-bond donors (Lipinski definition) is 1. The molecule has 1 fully saturated rings. The first kappa shape index (κ1) is 25.9. The summed E-state index contributed by atoms with van der Waals surface area (Å²) < 4.78 is 41.9. The molecule has 188 valence electrons. The van der Waals surface area contributed by atoms with E-state index in [9.17, 15) is 27.6 Å². The van der Waals surface area contributed by atoms with Crippen LogP contribution in [0.25, 0.3) is 0 Å². The lowest BCUT2D eigenvalue weighted by atomic mass is 10.1. The number of hydrogen-bond acceptors (Lipinski definition) is 5. The van der Waals surface area contributed by atoms with Gasteiger partial charge in [-0.15, -0.1) is 9.60 Å². The normalized spacial score (nSPS) is 19.8. The van der Waals surface area contributed by atoms with Crippen LogP contribution in [0, 0.1) is 0 Å². The molecule has 2 amide bonds. The van der Waals surface area contributed by atoms with E-state index in [0.29, 0.717) is 0 Å². The van der Waals surface area contributed by atoms with Gasteiger partial charge >= 0.3 is 12.0 Å². The molecular formula is C23H19Cl2F3N5O3+. The van der Waals surface area contributed by atoms with Gasteiger partial charge in [-0.1, -0.05) is 35.3 Å². The highest BCUT2D eigenvalue weighted by Gasteiger charge is 2.61. The molecule has 1 saturated heterocycles. The van der Waals surface area contributed by atoms with Gasteiger partial charge in [0.1, 0.15) is 0 Å². The lowest BCUT2D eigenvalue weighted by molar-refractivity contribution is -0.132. The van der Waals surface area contributed by atoms with Crippen LogP contribution in [-0.2, 0) is 9.59 Å². The topological polar surface area (TPSA) is 82.1 Å². The van der Waals surface area contributed by atoms with Crippen molar-refractivity contribution in [1.82, 2.24) is 14.5 Å². The quantitative estimate of drug-likeness (QED) is 0.454. The molecular weight excluding hydrogens is 522 g/mol. The number of anilines is 1. The van der Waals surface area contributed by atoms with Crippen LogP contribution < -0.4 is 9.91 Å². The van der Waals surface area contributed by atoms with Crippen LogP contribution in [0.4, 0.5) is 30.2 Å². The standard InChI is InChI=1S/C23H18Cl2F3N5O3/c1-14(35)31-8-10-32(11-9-31)33(12-13-34)18-7-3-6-17(20(18)30-22(33)23(26,27)28)29-21(36)19-15(24)4-2-5-16(19)25/h2-7,12H,8-11H2,1H3/p+1. The zero-order valence-electron chi connectivity index (χ0n) is 18.8. The number of alkyl halides is 3. The van der Waals surface area contributed by atoms with Crippen LogP contribution in [0.3, 0.4) is 0 Å². The maximum Gasteiger partial charge on any atom is 0.490 e. The van der Waals surface area contributed by atoms with Crippen molar-refractivity contribution in [3.05, 3.63) is 58.2 Å². The molecule has 2 aromatic rings. The van der Waals surface area contributed by atoms with Gasteiger partial charge in [0.2, 0.25) is 12.1 Å². The van der Waals surface area contributed by atoms with E-state index in [1.54, 1.807) is 6.07 Å². The number of carbonyl (C=O) groups excluding carboxylic acids is 3. The predicted octanol–water partition coefficient (Wildman–Crippen LogP) is 4.58. The molecule has 0 spiro atoms. The first-order valence-electron chi connectivity index (χ1n) is 10.7. The number of para-hydroxylation sites is 1. The summed E-state index contributed by atoms with van der Waals surface area (Å²) in [6, 6.07) is 8.67. The third kappa shape index (κ3) is 4.40. The third-order valence-corrected chi connectivity index (χ3v) is 6.63. The fourth-order valence-corrected chi connectivity index (χ4v) is 4.95. The monoisotopic (exact) mass is 540 g/mol. The lowest BCUT2D eigenvalue weighted by Gasteiger charge is -2.43. The molecule has 0 saturated carbocycles. The van der Waals surface area contributed by atoms with Crippen LogP contribution in [0.2, 0.25) is 10.0 Å². The zero-order chi connectivity index (χ0) is 26.3. The average Bonchev–Trinajstić information content (AvgIpc) is 3.16. The fraction of sp³-hybridized carbons (Fsp3) is 0.261. The smallest absolute Gasteiger partial charge is 0.340 e. The molecule has 8 nitrogen and oxygen atoms in total. The summed E-state index contributed by atoms with van der Waals surface area (Å²) >= 11 is 12.2. The summed E-state index contributed by atoms with van der Waals surface area (Å²) in [5.41, 5.74) is -0.269. The van der Waals surface area contributed by atoms with Crippen molar-refractivity contribution in [2.45, 2.75) is 13.1 Å². The first-order valence-corrected chi connectivity index (χ1v) is 11.4. The molecule has 13 heteroatoms. The van der Waals surface area contributed by atoms with Gasteiger partial charge in [-0.3, -0.25) is 9.59 Å². The summed E-state index contributed by atoms with van der Waals surface area (Å²) in [5.74, 6) is -0.747. The van der Waals surface area contributed by atoms with Crippen molar-refractivity contribution in [3.8, 4) is 0 Å². The van der Waals surface area contributed by atoms with Crippen molar-refractivity contribution >= 4 is 63.9 Å². The maximum atomic E-state index is 14.4. The first-order chi connectivity index (χ1) is 17.0. The van der Waals surface area contributed by atoms with Gasteiger partial charge in [-0.05, 0) is 18.2 Å². The van der Waals surface area contributed by atoms with E-state index in [0.717, 1.165) is 6.20 Å². The molecule has 2 aromatic carbocycles. The van der Waals surface area contributed by atoms with Gasteiger partial charge in [0, 0.05) is 26.1 Å². The number of benzene rings is 2. The summed E-state index contributed by atoms with van der Waals surface area (Å²) in [7, 11) is 0. The van der Waals surface area contributed by atoms with E-state index in [4.69, 9.17) is 23.2 Å². The molecule has 1 N–H and O–H groups in total. The average molecular weight is 541 g/mol. The number of quaternary nitrogens is 1. The minimum Gasteiger partial charge on any atom is -0.340 e. The molecule has 1 unspecified atom stereocenters. The Balaban J connectivity index is 1.82. The molecule has 2 aliphatic rings. The number of nitrogens with zero attached hydrogens (tertiary/aromatic N) is 4. The van der Waals surface area contributed by atoms with Crippen LogP contribution in [0.15, 0.2) is 47.6 Å². The number of amides is 2. The lowest BCUT2D eigenvalue weighted by Crippen LogP contribution is -2.68. The van der Waals surface area contributed by atoms with Gasteiger partial charge in [0.25, 0.3) is 5.91 Å². The molecule has 0 bridgehead atoms. The largest absolute Gasteiger partial charge is 0.490 e. The molecule has 0 radical (unpaired) electrons. The number of nitrogens with one attached hydrogen (secondary N) is 1. The van der Waals surface area contributed by atoms with Crippen LogP contribution >= 0.6 is 23.2 Å². The molecule has 36 heavy (non-hydrogen) atoms. The van der Waals surface area contributed by atoms with Gasteiger partial charge in [-0.25, -0.2) is 4.79 Å². The summed E-state index contributed by atoms with van der Waals surface area (Å²) in [4.78, 5) is 41.6. The number of amidine groups is 1. The van der Waals surface area contributed by atoms with Gasteiger partial charge in [0.15, 0.2) is 17.3 Å². The predicted molar refractivity (Wildman–Crippen MR) is 130 cm³/mol. The molecule has 2 heterocycles. The van der Waals surface area contributed by atoms with E-state index in [1.807, 2.05) is 0 Å². The molecule has 2 aliphatic heterocycles. The van der Waals surface area contributed by atoms with Crippen LogP contribution in [0.1, 0.15) is 17.3 Å².